The van der Waals surface area contributed by atoms with E-state index in [1.54, 1.807) is 0 Å². The Morgan fingerprint density at radius 2 is 0.824 bits per heavy atom. The summed E-state index contributed by atoms with van der Waals surface area (Å²) in [6.45, 7) is 0. The van der Waals surface area contributed by atoms with Crippen molar-refractivity contribution >= 4 is 21.5 Å². The summed E-state index contributed by atoms with van der Waals surface area (Å²) in [6.07, 6.45) is 0. The quantitative estimate of drug-likeness (QED) is 0.178. The molecule has 0 amide bonds. The molecule has 0 atom stereocenters. The molecule has 1 heterocycles. The average molecular weight is 647 g/mol. The summed E-state index contributed by atoms with van der Waals surface area (Å²) >= 11 is 0. The molecule has 0 unspecified atom stereocenters. The minimum absolute atomic E-state index is 0.413. The Labute approximate surface area is 296 Å². The van der Waals surface area contributed by atoms with Crippen LogP contribution in [-0.4, -0.2) is 9.97 Å². The van der Waals surface area contributed by atoms with Gasteiger partial charge in [0.2, 0.25) is 0 Å². The van der Waals surface area contributed by atoms with Crippen molar-refractivity contribution in [1.82, 2.24) is 9.97 Å². The Morgan fingerprint density at radius 3 is 1.45 bits per heavy atom. The third-order valence-corrected chi connectivity index (χ3v) is 11.1. The molecular weight excluding hydrogens is 617 g/mol. The molecule has 51 heavy (non-hydrogen) atoms. The van der Waals surface area contributed by atoms with Crippen LogP contribution in [0.4, 0.5) is 0 Å². The first-order valence-corrected chi connectivity index (χ1v) is 17.6. The van der Waals surface area contributed by atoms with Gasteiger partial charge >= 0.3 is 0 Å². The van der Waals surface area contributed by atoms with Crippen LogP contribution < -0.4 is 0 Å². The van der Waals surface area contributed by atoms with Crippen LogP contribution in [-0.2, 0) is 5.41 Å². The molecule has 1 aromatic heterocycles. The fourth-order valence-corrected chi connectivity index (χ4v) is 8.96. The van der Waals surface area contributed by atoms with Gasteiger partial charge in [-0.05, 0) is 78.2 Å². The second-order valence-electron chi connectivity index (χ2n) is 13.7. The van der Waals surface area contributed by atoms with Crippen LogP contribution in [0.5, 0.6) is 0 Å². The summed E-state index contributed by atoms with van der Waals surface area (Å²) in [6, 6.07) is 65.9. The molecule has 0 N–H and O–H groups in total. The third-order valence-electron chi connectivity index (χ3n) is 11.1. The predicted octanol–water partition coefficient (Wildman–Crippen LogP) is 12.1. The lowest BCUT2D eigenvalue weighted by Gasteiger charge is -2.31. The zero-order valence-corrected chi connectivity index (χ0v) is 27.7. The van der Waals surface area contributed by atoms with Gasteiger partial charge in [-0.1, -0.05) is 170 Å². The van der Waals surface area contributed by atoms with Crippen molar-refractivity contribution in [2.75, 3.05) is 0 Å². The lowest BCUT2D eigenvalue weighted by atomic mass is 9.70. The smallest absolute Gasteiger partial charge is 0.161 e. The number of rotatable bonds is 4. The van der Waals surface area contributed by atoms with Crippen LogP contribution in [0, 0.1) is 0 Å². The summed E-state index contributed by atoms with van der Waals surface area (Å²) in [5.74, 6) is 0.715. The predicted molar refractivity (Wildman–Crippen MR) is 210 cm³/mol. The van der Waals surface area contributed by atoms with Crippen LogP contribution in [0.3, 0.4) is 0 Å². The Balaban J connectivity index is 1.16. The van der Waals surface area contributed by atoms with E-state index in [0.717, 1.165) is 39.2 Å². The molecule has 11 rings (SSSR count). The van der Waals surface area contributed by atoms with Gasteiger partial charge in [0.25, 0.3) is 0 Å². The highest BCUT2D eigenvalue weighted by Gasteiger charge is 2.50. The molecule has 2 aliphatic rings. The minimum Gasteiger partial charge on any atom is -0.228 e. The number of fused-ring (bicyclic) bond motifs is 7. The Morgan fingerprint density at radius 1 is 0.314 bits per heavy atom. The van der Waals surface area contributed by atoms with Crippen LogP contribution in [0.1, 0.15) is 22.3 Å². The van der Waals surface area contributed by atoms with E-state index in [1.165, 1.54) is 54.9 Å². The maximum atomic E-state index is 5.23. The van der Waals surface area contributed by atoms with E-state index in [9.17, 15) is 0 Å². The van der Waals surface area contributed by atoms with Gasteiger partial charge in [-0.15, -0.1) is 0 Å². The second-order valence-corrected chi connectivity index (χ2v) is 13.7. The molecule has 8 aromatic carbocycles. The Kier molecular flexibility index (Phi) is 5.91. The number of benzene rings is 8. The fourth-order valence-electron chi connectivity index (χ4n) is 8.96. The van der Waals surface area contributed by atoms with Crippen molar-refractivity contribution in [3.8, 4) is 56.2 Å². The normalized spacial score (nSPS) is 13.3. The fraction of sp³-hybridized carbons (Fsp3) is 0.0204. The highest BCUT2D eigenvalue weighted by atomic mass is 14.9. The van der Waals surface area contributed by atoms with E-state index < -0.39 is 5.41 Å². The maximum absolute atomic E-state index is 5.23. The van der Waals surface area contributed by atoms with E-state index in [2.05, 4.69) is 170 Å². The molecular formula is C49H30N2. The first kappa shape index (κ1) is 28.2. The lowest BCUT2D eigenvalue weighted by Crippen LogP contribution is -2.26. The molecule has 0 fully saturated rings. The van der Waals surface area contributed by atoms with Crippen molar-refractivity contribution < 1.29 is 0 Å². The van der Waals surface area contributed by atoms with Gasteiger partial charge in [-0.25, -0.2) is 9.97 Å². The van der Waals surface area contributed by atoms with E-state index in [1.807, 2.05) is 12.1 Å². The van der Waals surface area contributed by atoms with Gasteiger partial charge in [0.15, 0.2) is 5.82 Å². The molecule has 2 nitrogen and oxygen atoms in total. The van der Waals surface area contributed by atoms with E-state index in [0.29, 0.717) is 5.82 Å². The Bertz CT molecular complexity index is 2730. The van der Waals surface area contributed by atoms with Crippen molar-refractivity contribution in [2.24, 2.45) is 0 Å². The summed E-state index contributed by atoms with van der Waals surface area (Å²) < 4.78 is 0. The van der Waals surface area contributed by atoms with Gasteiger partial charge in [-0.2, -0.15) is 0 Å². The number of hydrogen-bond donors (Lipinski definition) is 0. The van der Waals surface area contributed by atoms with Gasteiger partial charge in [0, 0.05) is 16.7 Å². The minimum atomic E-state index is -0.413. The van der Waals surface area contributed by atoms with Crippen molar-refractivity contribution in [2.45, 2.75) is 5.41 Å². The van der Waals surface area contributed by atoms with Crippen LogP contribution in [0.25, 0.3) is 77.7 Å². The van der Waals surface area contributed by atoms with Gasteiger partial charge in [-0.3, -0.25) is 0 Å². The second kappa shape index (κ2) is 10.7. The molecule has 2 heteroatoms. The van der Waals surface area contributed by atoms with E-state index >= 15 is 0 Å². The topological polar surface area (TPSA) is 25.8 Å². The highest BCUT2D eigenvalue weighted by molar-refractivity contribution is 6.17. The van der Waals surface area contributed by atoms with Gasteiger partial charge in [0.05, 0.1) is 16.8 Å². The molecule has 0 aliphatic heterocycles. The Hall–Kier alpha value is -6.64. The maximum Gasteiger partial charge on any atom is 0.161 e. The first-order valence-electron chi connectivity index (χ1n) is 17.6. The van der Waals surface area contributed by atoms with Crippen LogP contribution >= 0.6 is 0 Å². The molecule has 0 radical (unpaired) electrons. The monoisotopic (exact) mass is 646 g/mol. The van der Waals surface area contributed by atoms with Crippen molar-refractivity contribution in [3.05, 3.63) is 204 Å². The van der Waals surface area contributed by atoms with E-state index in [4.69, 9.17) is 9.97 Å². The molecule has 1 spiro atoms. The highest BCUT2D eigenvalue weighted by Crippen LogP contribution is 2.62. The van der Waals surface area contributed by atoms with E-state index in [-0.39, 0.29) is 0 Å². The molecule has 9 aromatic rings. The summed E-state index contributed by atoms with van der Waals surface area (Å²) in [7, 11) is 0. The molecule has 0 saturated heterocycles. The average Bonchev–Trinajstić information content (AvgIpc) is 3.68. The third kappa shape index (κ3) is 3.93. The zero-order valence-electron chi connectivity index (χ0n) is 27.7. The standard InChI is InChI=1S/C49H30N2/c1-3-13-31(14-4-1)44-30-45(32-15-5-2-6-16-32)51-48(50-44)39-21-8-7-19-36(39)35-27-28-38-37-20-9-10-22-40(37)49(43(38)29-35)41-23-11-17-33-25-26-34-18-12-24-42(49)47(34)46(33)41/h1-30H. The largest absolute Gasteiger partial charge is 0.228 e. The van der Waals surface area contributed by atoms with Crippen LogP contribution in [0.15, 0.2) is 182 Å². The first-order chi connectivity index (χ1) is 25.3. The van der Waals surface area contributed by atoms with Crippen LogP contribution in [0.2, 0.25) is 0 Å². The molecule has 0 saturated carbocycles. The number of aromatic nitrogens is 2. The zero-order chi connectivity index (χ0) is 33.5. The van der Waals surface area contributed by atoms with Crippen molar-refractivity contribution in [3.63, 3.8) is 0 Å². The molecule has 0 bridgehead atoms. The summed E-state index contributed by atoms with van der Waals surface area (Å²) in [4.78, 5) is 10.5. The molecule has 236 valence electrons. The SMILES string of the molecule is c1ccc(-c2cc(-c3ccccc3)nc(-c3ccccc3-c3ccc4c(c3)C3(c5ccccc5-4)c4cccc5ccc6cccc3c6c45)n2)cc1. The van der Waals surface area contributed by atoms with Gasteiger partial charge in [0.1, 0.15) is 0 Å². The lowest BCUT2D eigenvalue weighted by molar-refractivity contribution is 0.797. The summed E-state index contributed by atoms with van der Waals surface area (Å²) in [5.41, 5.74) is 14.8. The number of hydrogen-bond acceptors (Lipinski definition) is 2. The van der Waals surface area contributed by atoms with Crippen molar-refractivity contribution in [1.29, 1.82) is 0 Å². The number of nitrogens with zero attached hydrogens (tertiary/aromatic N) is 2. The van der Waals surface area contributed by atoms with Gasteiger partial charge < -0.3 is 0 Å². The molecule has 2 aliphatic carbocycles. The summed E-state index contributed by atoms with van der Waals surface area (Å²) in [5, 5.41) is 5.33.